The molecule has 1 atom stereocenters. The first kappa shape index (κ1) is 29.9. The van der Waals surface area contributed by atoms with E-state index in [0.717, 1.165) is 59.6 Å². The first-order valence-electron chi connectivity index (χ1n) is 12.8. The molecule has 0 spiro atoms. The number of fused-ring (bicyclic) bond motifs is 1. The lowest BCUT2D eigenvalue weighted by molar-refractivity contribution is -0.143. The van der Waals surface area contributed by atoms with E-state index < -0.39 is 5.41 Å². The van der Waals surface area contributed by atoms with Crippen molar-refractivity contribution < 1.29 is 14.3 Å². The average Bonchev–Trinajstić information content (AvgIpc) is 3.58. The van der Waals surface area contributed by atoms with Crippen molar-refractivity contribution >= 4 is 46.8 Å². The summed E-state index contributed by atoms with van der Waals surface area (Å²) in [5, 5.41) is 10.9. The minimum Gasteiger partial charge on any atom is -0.468 e. The number of ether oxygens (including phenoxy) is 1. The molecule has 0 saturated carbocycles. The van der Waals surface area contributed by atoms with Crippen LogP contribution in [0, 0.1) is 12.3 Å². The first-order chi connectivity index (χ1) is 18.1. The quantitative estimate of drug-likeness (QED) is 0.171. The summed E-state index contributed by atoms with van der Waals surface area (Å²) in [5.74, 6) is 0.537. The van der Waals surface area contributed by atoms with Gasteiger partial charge in [-0.25, -0.2) is 4.98 Å². The first-order valence-corrected chi connectivity index (χ1v) is 12.8. The average molecular weight is 556 g/mol. The number of benzene rings is 2. The van der Waals surface area contributed by atoms with Crippen LogP contribution in [0.3, 0.4) is 0 Å². The van der Waals surface area contributed by atoms with Crippen LogP contribution in [-0.4, -0.2) is 77.8 Å². The zero-order valence-corrected chi connectivity index (χ0v) is 23.8. The second-order valence-corrected chi connectivity index (χ2v) is 10.2. The number of carbonyl (C=O) groups excluding carboxylic acids is 2. The number of likely N-dealkylation sites (N-methyl/N-ethyl adjacent to an activating group) is 1. The molecular weight excluding hydrogens is 518 g/mol. The molecule has 4 rings (SSSR count). The molecule has 1 unspecified atom stereocenters. The summed E-state index contributed by atoms with van der Waals surface area (Å²) in [6, 6.07) is 11.3. The zero-order chi connectivity index (χ0) is 27.4. The van der Waals surface area contributed by atoms with Gasteiger partial charge in [0.2, 0.25) is 5.91 Å². The maximum Gasteiger partial charge on any atom is 0.319 e. The van der Waals surface area contributed by atoms with Crippen molar-refractivity contribution in [2.24, 2.45) is 5.73 Å². The monoisotopic (exact) mass is 555 g/mol. The second kappa shape index (κ2) is 12.5. The summed E-state index contributed by atoms with van der Waals surface area (Å²) in [7, 11) is 3.20. The Morgan fingerprint density at radius 2 is 1.87 bits per heavy atom. The van der Waals surface area contributed by atoms with Gasteiger partial charge < -0.3 is 25.7 Å². The number of aromatic amines is 1. The normalized spacial score (nSPS) is 14.6. The predicted molar refractivity (Wildman–Crippen MR) is 156 cm³/mol. The fraction of sp³-hybridized carbons (Fsp3) is 0.429. The highest BCUT2D eigenvalue weighted by Crippen LogP contribution is 2.34. The number of aromatic nitrogens is 2. The van der Waals surface area contributed by atoms with Gasteiger partial charge in [0.15, 0.2) is 0 Å². The number of nitrogen functional groups attached to an aromatic ring is 1. The number of aryl methyl sites for hydroxylation is 1. The number of nitrogens with two attached hydrogens (primary N) is 1. The van der Waals surface area contributed by atoms with E-state index in [2.05, 4.69) is 10.3 Å². The van der Waals surface area contributed by atoms with E-state index in [9.17, 15) is 9.59 Å². The molecule has 0 aliphatic carbocycles. The number of nitrogens with zero attached hydrogens (tertiary/aromatic N) is 3. The highest BCUT2D eigenvalue weighted by molar-refractivity contribution is 5.95. The van der Waals surface area contributed by atoms with Crippen molar-refractivity contribution in [3.05, 3.63) is 58.9 Å². The van der Waals surface area contributed by atoms with Gasteiger partial charge in [0.05, 0.1) is 36.6 Å². The van der Waals surface area contributed by atoms with Gasteiger partial charge in [0.1, 0.15) is 11.7 Å². The number of amides is 1. The fourth-order valence-electron chi connectivity index (χ4n) is 5.32. The van der Waals surface area contributed by atoms with Gasteiger partial charge in [-0.2, -0.15) is 0 Å². The molecular formula is C28H38ClN7O3. The van der Waals surface area contributed by atoms with Crippen LogP contribution in [0.2, 0.25) is 0 Å². The van der Waals surface area contributed by atoms with E-state index in [0.29, 0.717) is 18.7 Å². The Labute approximate surface area is 235 Å². The van der Waals surface area contributed by atoms with Crippen molar-refractivity contribution in [3.63, 3.8) is 0 Å². The minimum absolute atomic E-state index is 0. The predicted octanol–water partition coefficient (Wildman–Crippen LogP) is 3.17. The number of imidazole rings is 1. The van der Waals surface area contributed by atoms with E-state index in [1.807, 2.05) is 55.0 Å². The third-order valence-corrected chi connectivity index (χ3v) is 7.29. The van der Waals surface area contributed by atoms with Gasteiger partial charge in [-0.3, -0.25) is 19.9 Å². The van der Waals surface area contributed by atoms with Crippen LogP contribution in [0.25, 0.3) is 11.0 Å². The van der Waals surface area contributed by atoms with E-state index in [-0.39, 0.29) is 36.7 Å². The smallest absolute Gasteiger partial charge is 0.319 e. The van der Waals surface area contributed by atoms with Gasteiger partial charge in [-0.1, -0.05) is 6.07 Å². The Hall–Kier alpha value is -3.63. The summed E-state index contributed by atoms with van der Waals surface area (Å²) in [6.07, 6.45) is 2.01. The number of likely N-dealkylation sites (tertiary alicyclic amines) is 1. The highest BCUT2D eigenvalue weighted by atomic mass is 35.5. The molecule has 2 aromatic carbocycles. The molecule has 1 aliphatic heterocycles. The van der Waals surface area contributed by atoms with E-state index in [4.69, 9.17) is 20.9 Å². The number of esters is 1. The van der Waals surface area contributed by atoms with Crippen molar-refractivity contribution in [2.45, 2.75) is 38.6 Å². The summed E-state index contributed by atoms with van der Waals surface area (Å²) in [4.78, 5) is 37.9. The summed E-state index contributed by atoms with van der Waals surface area (Å²) in [5.41, 5.74) is 9.81. The molecule has 0 bridgehead atoms. The molecule has 1 aliphatic rings. The summed E-state index contributed by atoms with van der Waals surface area (Å²) >= 11 is 0. The Balaban J connectivity index is 0.00000420. The number of nitrogens with one attached hydrogen (secondary N) is 3. The van der Waals surface area contributed by atoms with Crippen molar-refractivity contribution in [1.82, 2.24) is 19.8 Å². The molecule has 39 heavy (non-hydrogen) atoms. The zero-order valence-electron chi connectivity index (χ0n) is 23.0. The molecule has 1 aromatic heterocycles. The van der Waals surface area contributed by atoms with E-state index in [1.54, 1.807) is 12.1 Å². The summed E-state index contributed by atoms with van der Waals surface area (Å²) in [6.45, 7) is 6.44. The Morgan fingerprint density at radius 3 is 2.49 bits per heavy atom. The van der Waals surface area contributed by atoms with Gasteiger partial charge in [-0.05, 0) is 75.2 Å². The van der Waals surface area contributed by atoms with Crippen LogP contribution in [0.4, 0.5) is 5.69 Å². The number of halogens is 1. The molecule has 1 fully saturated rings. The largest absolute Gasteiger partial charge is 0.468 e. The number of H-pyrrole nitrogens is 1. The van der Waals surface area contributed by atoms with Crippen LogP contribution in [0.1, 0.15) is 42.3 Å². The molecule has 3 aromatic rings. The molecule has 5 N–H and O–H groups in total. The lowest BCUT2D eigenvalue weighted by Gasteiger charge is -2.37. The molecule has 1 amide bonds. The van der Waals surface area contributed by atoms with Crippen LogP contribution >= 0.6 is 12.4 Å². The number of hydrogen-bond donors (Lipinski definition) is 4. The van der Waals surface area contributed by atoms with Gasteiger partial charge in [0, 0.05) is 30.9 Å². The molecule has 11 heteroatoms. The maximum atomic E-state index is 13.9. The molecule has 210 valence electrons. The highest BCUT2D eigenvalue weighted by Gasteiger charge is 2.41. The Morgan fingerprint density at radius 1 is 1.21 bits per heavy atom. The SMILES string of the molecule is COC(=O)CN(C)CC(C)(C(=O)N1CCCC1)c1ccc2[nH]c(CNc3ccc(C(=N)N)cc3)nc2c1C.Cl. The number of hydrogen-bond acceptors (Lipinski definition) is 7. The second-order valence-electron chi connectivity index (χ2n) is 10.2. The standard InChI is InChI=1S/C28H37N7O3.ClH/c1-18-21(28(2,17-34(3)16-24(36)38-4)27(37)35-13-5-6-14-35)11-12-22-25(18)33-23(32-22)15-31-20-9-7-19(8-10-20)26(29)30;/h7-12,31H,5-6,13-17H2,1-4H3,(H3,29,30)(H,32,33);1H. The molecule has 2 heterocycles. The number of amidine groups is 1. The topological polar surface area (TPSA) is 140 Å². The van der Waals surface area contributed by atoms with Crippen molar-refractivity contribution in [3.8, 4) is 0 Å². The van der Waals surface area contributed by atoms with Gasteiger partial charge in [0.25, 0.3) is 0 Å². The lowest BCUT2D eigenvalue weighted by atomic mass is 9.78. The number of rotatable bonds is 10. The van der Waals surface area contributed by atoms with E-state index in [1.165, 1.54) is 7.11 Å². The molecule has 10 nitrogen and oxygen atoms in total. The number of methoxy groups -OCH3 is 1. The third-order valence-electron chi connectivity index (χ3n) is 7.29. The minimum atomic E-state index is -0.860. The maximum absolute atomic E-state index is 13.9. The van der Waals surface area contributed by atoms with Gasteiger partial charge >= 0.3 is 5.97 Å². The molecule has 1 saturated heterocycles. The van der Waals surface area contributed by atoms with Crippen molar-refractivity contribution in [1.29, 1.82) is 5.41 Å². The van der Waals surface area contributed by atoms with Crippen molar-refractivity contribution in [2.75, 3.05) is 45.7 Å². The van der Waals surface area contributed by atoms with Crippen LogP contribution in [0.5, 0.6) is 0 Å². The van der Waals surface area contributed by atoms with Crippen LogP contribution < -0.4 is 11.1 Å². The molecule has 0 radical (unpaired) electrons. The third kappa shape index (κ3) is 6.51. The summed E-state index contributed by atoms with van der Waals surface area (Å²) < 4.78 is 4.85. The Kier molecular flexibility index (Phi) is 9.58. The number of carbonyl (C=O) groups is 2. The lowest BCUT2D eigenvalue weighted by Crippen LogP contribution is -2.51. The van der Waals surface area contributed by atoms with E-state index >= 15 is 0 Å². The van der Waals surface area contributed by atoms with Crippen LogP contribution in [0.15, 0.2) is 36.4 Å². The van der Waals surface area contributed by atoms with Gasteiger partial charge in [-0.15, -0.1) is 12.4 Å². The number of anilines is 1. The van der Waals surface area contributed by atoms with Crippen LogP contribution in [-0.2, 0) is 26.3 Å². The Bertz CT molecular complexity index is 1330. The fourth-order valence-corrected chi connectivity index (χ4v) is 5.32.